The van der Waals surface area contributed by atoms with Gasteiger partial charge in [0.25, 0.3) is 0 Å². The van der Waals surface area contributed by atoms with Gasteiger partial charge in [-0.1, -0.05) is 6.58 Å². The van der Waals surface area contributed by atoms with Crippen molar-refractivity contribution in [2.75, 3.05) is 0 Å². The molecule has 3 rings (SSSR count). The first kappa shape index (κ1) is 15.3. The van der Waals surface area contributed by atoms with Gasteiger partial charge < -0.3 is 9.64 Å². The van der Waals surface area contributed by atoms with Gasteiger partial charge in [0.15, 0.2) is 0 Å². The fourth-order valence-corrected chi connectivity index (χ4v) is 4.24. The van der Waals surface area contributed by atoms with Crippen LogP contribution in [0.2, 0.25) is 0 Å². The summed E-state index contributed by atoms with van der Waals surface area (Å²) in [5.41, 5.74) is 0.390. The summed E-state index contributed by atoms with van der Waals surface area (Å²) < 4.78 is 5.96. The molecule has 2 unspecified atom stereocenters. The van der Waals surface area contributed by atoms with Crippen LogP contribution in [0.1, 0.15) is 31.2 Å². The van der Waals surface area contributed by atoms with Gasteiger partial charge in [0.05, 0.1) is 17.7 Å². The molecule has 0 radical (unpaired) electrons. The number of nitriles is 1. The van der Waals surface area contributed by atoms with Gasteiger partial charge in [-0.25, -0.2) is 4.79 Å². The Morgan fingerprint density at radius 2 is 2.18 bits per heavy atom. The standard InChI is InChI=1S/C16H16IN3O2/c1-2-22-15(21)20-13-3-4-14(20)7-16(6-13,10-18)11-5-12(17)9-19-8-11/h2,5,8-9,13-14H,1,3-4,6-7H2. The summed E-state index contributed by atoms with van der Waals surface area (Å²) in [7, 11) is 0. The molecule has 6 heteroatoms. The number of piperidine rings is 1. The summed E-state index contributed by atoms with van der Waals surface area (Å²) in [6, 6.07) is 4.62. The lowest BCUT2D eigenvalue weighted by Gasteiger charge is -2.42. The Morgan fingerprint density at radius 1 is 1.50 bits per heavy atom. The number of aromatic nitrogens is 1. The third kappa shape index (κ3) is 2.47. The molecule has 2 aliphatic heterocycles. The van der Waals surface area contributed by atoms with E-state index >= 15 is 0 Å². The molecule has 2 fully saturated rings. The SMILES string of the molecule is C=COC(=O)N1C2CCC1CC(C#N)(c1cncc(I)c1)C2. The summed E-state index contributed by atoms with van der Waals surface area (Å²) in [4.78, 5) is 18.1. The first-order valence-corrected chi connectivity index (χ1v) is 8.29. The third-order valence-corrected chi connectivity index (χ3v) is 5.24. The molecule has 1 aromatic rings. The molecule has 5 nitrogen and oxygen atoms in total. The lowest BCUT2D eigenvalue weighted by Crippen LogP contribution is -2.51. The highest BCUT2D eigenvalue weighted by atomic mass is 127. The normalized spacial score (nSPS) is 29.7. The van der Waals surface area contributed by atoms with Crippen molar-refractivity contribution in [3.05, 3.63) is 40.4 Å². The molecule has 22 heavy (non-hydrogen) atoms. The van der Waals surface area contributed by atoms with E-state index in [-0.39, 0.29) is 18.2 Å². The van der Waals surface area contributed by atoms with Crippen LogP contribution in [-0.4, -0.2) is 28.1 Å². The molecule has 114 valence electrons. The summed E-state index contributed by atoms with van der Waals surface area (Å²) >= 11 is 2.21. The molecule has 3 heterocycles. The van der Waals surface area contributed by atoms with Crippen molar-refractivity contribution >= 4 is 28.7 Å². The van der Waals surface area contributed by atoms with Gasteiger partial charge in [0, 0.05) is 28.0 Å². The Hall–Kier alpha value is -1.62. The molecule has 1 amide bonds. The van der Waals surface area contributed by atoms with Crippen LogP contribution in [0.4, 0.5) is 4.79 Å². The monoisotopic (exact) mass is 409 g/mol. The van der Waals surface area contributed by atoms with Gasteiger partial charge in [-0.3, -0.25) is 4.98 Å². The minimum Gasteiger partial charge on any atom is -0.419 e. The number of pyridine rings is 1. The van der Waals surface area contributed by atoms with E-state index in [1.165, 1.54) is 0 Å². The molecule has 0 aliphatic carbocycles. The van der Waals surface area contributed by atoms with Crippen molar-refractivity contribution in [3.63, 3.8) is 0 Å². The smallest absolute Gasteiger partial charge is 0.415 e. The van der Waals surface area contributed by atoms with Crippen LogP contribution in [0.3, 0.4) is 0 Å². The highest BCUT2D eigenvalue weighted by Crippen LogP contribution is 2.47. The lowest BCUT2D eigenvalue weighted by molar-refractivity contribution is 0.0808. The number of carbonyl (C=O) groups excluding carboxylic acids is 1. The Bertz CT molecular complexity index is 641. The van der Waals surface area contributed by atoms with Crippen LogP contribution in [-0.2, 0) is 10.2 Å². The molecule has 1 aromatic heterocycles. The highest BCUT2D eigenvalue weighted by Gasteiger charge is 2.51. The number of rotatable bonds is 2. The van der Waals surface area contributed by atoms with Gasteiger partial charge in [-0.2, -0.15) is 5.26 Å². The van der Waals surface area contributed by atoms with E-state index in [2.05, 4.69) is 40.2 Å². The number of amides is 1. The Balaban J connectivity index is 1.91. The predicted octanol–water partition coefficient (Wildman–Crippen LogP) is 3.35. The van der Waals surface area contributed by atoms with Gasteiger partial charge in [-0.15, -0.1) is 0 Å². The van der Waals surface area contributed by atoms with Crippen LogP contribution < -0.4 is 0 Å². The van der Waals surface area contributed by atoms with Gasteiger partial charge in [0.1, 0.15) is 0 Å². The first-order chi connectivity index (χ1) is 10.6. The zero-order chi connectivity index (χ0) is 15.7. The predicted molar refractivity (Wildman–Crippen MR) is 88.8 cm³/mol. The number of hydrogen-bond acceptors (Lipinski definition) is 4. The van der Waals surface area contributed by atoms with Crippen molar-refractivity contribution in [3.8, 4) is 6.07 Å². The number of fused-ring (bicyclic) bond motifs is 2. The van der Waals surface area contributed by atoms with Crippen molar-refractivity contribution in [2.24, 2.45) is 0 Å². The number of hydrogen-bond donors (Lipinski definition) is 0. The minimum absolute atomic E-state index is 0.0451. The van der Waals surface area contributed by atoms with E-state index in [1.807, 2.05) is 6.07 Å². The maximum atomic E-state index is 12.1. The van der Waals surface area contributed by atoms with Crippen LogP contribution in [0, 0.1) is 14.9 Å². The van der Waals surface area contributed by atoms with E-state index in [9.17, 15) is 10.1 Å². The largest absolute Gasteiger partial charge is 0.419 e. The van der Waals surface area contributed by atoms with E-state index in [0.29, 0.717) is 12.8 Å². The van der Waals surface area contributed by atoms with E-state index in [4.69, 9.17) is 4.74 Å². The van der Waals surface area contributed by atoms with Crippen LogP contribution in [0.5, 0.6) is 0 Å². The Labute approximate surface area is 143 Å². The molecule has 0 aromatic carbocycles. The summed E-state index contributed by atoms with van der Waals surface area (Å²) in [6.07, 6.45) is 7.47. The van der Waals surface area contributed by atoms with Crippen LogP contribution in [0.25, 0.3) is 0 Å². The topological polar surface area (TPSA) is 66.2 Å². The van der Waals surface area contributed by atoms with Crippen LogP contribution >= 0.6 is 22.6 Å². The third-order valence-electron chi connectivity index (χ3n) is 4.65. The molecule has 0 saturated carbocycles. The second-order valence-electron chi connectivity index (χ2n) is 5.84. The zero-order valence-electron chi connectivity index (χ0n) is 12.0. The molecule has 0 N–H and O–H groups in total. The molecule has 0 spiro atoms. The fourth-order valence-electron chi connectivity index (χ4n) is 3.75. The summed E-state index contributed by atoms with van der Waals surface area (Å²) in [5.74, 6) is 0. The first-order valence-electron chi connectivity index (χ1n) is 7.22. The number of nitrogens with zero attached hydrogens (tertiary/aromatic N) is 3. The zero-order valence-corrected chi connectivity index (χ0v) is 14.2. The average Bonchev–Trinajstić information content (AvgIpc) is 2.79. The van der Waals surface area contributed by atoms with Gasteiger partial charge in [0.2, 0.25) is 0 Å². The number of carbonyl (C=O) groups is 1. The van der Waals surface area contributed by atoms with Crippen molar-refractivity contribution in [1.82, 2.24) is 9.88 Å². The van der Waals surface area contributed by atoms with Crippen molar-refractivity contribution < 1.29 is 9.53 Å². The second-order valence-corrected chi connectivity index (χ2v) is 7.08. The highest BCUT2D eigenvalue weighted by molar-refractivity contribution is 14.1. The minimum atomic E-state index is -0.565. The van der Waals surface area contributed by atoms with Crippen molar-refractivity contribution in [2.45, 2.75) is 43.2 Å². The molecule has 2 bridgehead atoms. The molecule has 2 atom stereocenters. The van der Waals surface area contributed by atoms with E-state index < -0.39 is 5.41 Å². The maximum absolute atomic E-state index is 12.1. The number of ether oxygens (including phenoxy) is 1. The summed E-state index contributed by atoms with van der Waals surface area (Å²) in [5, 5.41) is 9.85. The molecular formula is C16H16IN3O2. The average molecular weight is 409 g/mol. The summed E-state index contributed by atoms with van der Waals surface area (Å²) in [6.45, 7) is 3.44. The van der Waals surface area contributed by atoms with E-state index in [0.717, 1.165) is 28.2 Å². The number of halogens is 1. The fraction of sp³-hybridized carbons (Fsp3) is 0.438. The Morgan fingerprint density at radius 3 is 2.73 bits per heavy atom. The van der Waals surface area contributed by atoms with Crippen molar-refractivity contribution in [1.29, 1.82) is 5.26 Å². The quantitative estimate of drug-likeness (QED) is 0.555. The van der Waals surface area contributed by atoms with Gasteiger partial charge in [-0.05, 0) is 59.9 Å². The second kappa shape index (κ2) is 5.88. The van der Waals surface area contributed by atoms with Crippen LogP contribution in [0.15, 0.2) is 31.3 Å². The molecule has 2 saturated heterocycles. The Kier molecular flexibility index (Phi) is 4.08. The van der Waals surface area contributed by atoms with E-state index in [1.54, 1.807) is 17.3 Å². The molecular weight excluding hydrogens is 393 g/mol. The molecule has 2 aliphatic rings. The van der Waals surface area contributed by atoms with Gasteiger partial charge >= 0.3 is 6.09 Å². The maximum Gasteiger partial charge on any atom is 0.415 e. The lowest BCUT2D eigenvalue weighted by atomic mass is 9.71.